The molecule has 0 spiro atoms. The molecule has 0 radical (unpaired) electrons. The molecule has 31 heavy (non-hydrogen) atoms. The first-order chi connectivity index (χ1) is 14.8. The molecule has 1 fully saturated rings. The summed E-state index contributed by atoms with van der Waals surface area (Å²) in [6.45, 7) is 6.73. The number of carbonyl (C=O) groups excluding carboxylic acids is 2. The van der Waals surface area contributed by atoms with Gasteiger partial charge in [-0.05, 0) is 50.6 Å². The van der Waals surface area contributed by atoms with Gasteiger partial charge in [-0.3, -0.25) is 14.9 Å². The number of hydrogen-bond donors (Lipinski definition) is 2. The fourth-order valence-corrected chi connectivity index (χ4v) is 3.57. The van der Waals surface area contributed by atoms with Gasteiger partial charge in [0.15, 0.2) is 6.23 Å². The summed E-state index contributed by atoms with van der Waals surface area (Å²) < 4.78 is 7.57. The van der Waals surface area contributed by atoms with Crippen LogP contribution in [-0.2, 0) is 16.1 Å². The Labute approximate surface area is 181 Å². The van der Waals surface area contributed by atoms with E-state index in [4.69, 9.17) is 4.74 Å². The molecule has 4 rings (SSSR count). The number of carbonyl (C=O) groups is 2. The molecule has 7 heteroatoms. The molecule has 162 valence electrons. The van der Waals surface area contributed by atoms with Crippen molar-refractivity contribution in [2.75, 3.05) is 6.54 Å². The van der Waals surface area contributed by atoms with Crippen LogP contribution in [0.1, 0.15) is 43.1 Å². The summed E-state index contributed by atoms with van der Waals surface area (Å²) in [7, 11) is 0. The number of rotatable bonds is 5. The van der Waals surface area contributed by atoms with Crippen LogP contribution in [0.15, 0.2) is 54.9 Å². The highest BCUT2D eigenvalue weighted by Crippen LogP contribution is 2.19. The lowest BCUT2D eigenvalue weighted by molar-refractivity contribution is -0.159. The minimum atomic E-state index is -0.548. The second-order valence-corrected chi connectivity index (χ2v) is 9.02. The molecule has 0 saturated carbocycles. The summed E-state index contributed by atoms with van der Waals surface area (Å²) in [6, 6.07) is 15.5. The Hall–Kier alpha value is -3.19. The highest BCUT2D eigenvalue weighted by Gasteiger charge is 2.32. The highest BCUT2D eigenvalue weighted by atomic mass is 16.6. The SMILES string of the molecule is CC(C)(C)C(=O)OC1C[C@@H](NC(=O)c2ccc(Cn3cnc4ccccc43)cc2)CN1. The van der Waals surface area contributed by atoms with Crippen LogP contribution in [0.5, 0.6) is 0 Å². The van der Waals surface area contributed by atoms with Gasteiger partial charge in [0, 0.05) is 31.1 Å². The smallest absolute Gasteiger partial charge is 0.312 e. The molecule has 7 nitrogen and oxygen atoms in total. The molecule has 2 atom stereocenters. The Morgan fingerprint density at radius 2 is 1.90 bits per heavy atom. The number of nitrogens with one attached hydrogen (secondary N) is 2. The van der Waals surface area contributed by atoms with Crippen molar-refractivity contribution in [3.8, 4) is 0 Å². The molecule has 1 unspecified atom stereocenters. The van der Waals surface area contributed by atoms with E-state index in [0.717, 1.165) is 16.6 Å². The number of ether oxygens (including phenoxy) is 1. The Bertz CT molecular complexity index is 1080. The number of benzene rings is 2. The number of nitrogens with zero attached hydrogens (tertiary/aromatic N) is 2. The zero-order valence-corrected chi connectivity index (χ0v) is 18.1. The van der Waals surface area contributed by atoms with Gasteiger partial charge in [-0.25, -0.2) is 4.98 Å². The van der Waals surface area contributed by atoms with Gasteiger partial charge in [-0.15, -0.1) is 0 Å². The highest BCUT2D eigenvalue weighted by molar-refractivity contribution is 5.94. The fraction of sp³-hybridized carbons (Fsp3) is 0.375. The molecule has 0 aliphatic carbocycles. The molecule has 1 aliphatic heterocycles. The molecular weight excluding hydrogens is 392 g/mol. The number of aromatic nitrogens is 2. The van der Waals surface area contributed by atoms with Crippen molar-refractivity contribution in [3.63, 3.8) is 0 Å². The summed E-state index contributed by atoms with van der Waals surface area (Å²) in [5, 5.41) is 6.17. The van der Waals surface area contributed by atoms with Gasteiger partial charge in [0.05, 0.1) is 22.8 Å². The lowest BCUT2D eigenvalue weighted by Gasteiger charge is -2.20. The molecule has 1 aromatic heterocycles. The molecule has 0 bridgehead atoms. The first kappa shape index (κ1) is 21.1. The summed E-state index contributed by atoms with van der Waals surface area (Å²) in [4.78, 5) is 29.1. The Balaban J connectivity index is 1.32. The Morgan fingerprint density at radius 1 is 1.16 bits per heavy atom. The van der Waals surface area contributed by atoms with Gasteiger partial charge in [0.25, 0.3) is 5.91 Å². The van der Waals surface area contributed by atoms with E-state index in [2.05, 4.69) is 20.2 Å². The van der Waals surface area contributed by atoms with Crippen LogP contribution in [-0.4, -0.2) is 40.2 Å². The van der Waals surface area contributed by atoms with E-state index in [1.165, 1.54) is 0 Å². The molecule has 2 aromatic carbocycles. The number of imidazole rings is 1. The van der Waals surface area contributed by atoms with E-state index in [1.807, 2.05) is 75.6 Å². The van der Waals surface area contributed by atoms with Gasteiger partial charge in [0.1, 0.15) is 0 Å². The van der Waals surface area contributed by atoms with E-state index < -0.39 is 5.41 Å². The third-order valence-corrected chi connectivity index (χ3v) is 5.38. The van der Waals surface area contributed by atoms with Gasteiger partial charge in [-0.1, -0.05) is 24.3 Å². The first-order valence-corrected chi connectivity index (χ1v) is 10.5. The van der Waals surface area contributed by atoms with E-state index in [-0.39, 0.29) is 24.1 Å². The van der Waals surface area contributed by atoms with Crippen molar-refractivity contribution in [2.45, 2.75) is 46.0 Å². The number of hydrogen-bond acceptors (Lipinski definition) is 5. The quantitative estimate of drug-likeness (QED) is 0.620. The predicted octanol–water partition coefficient (Wildman–Crippen LogP) is 3.09. The molecule has 1 amide bonds. The second-order valence-electron chi connectivity index (χ2n) is 9.02. The summed E-state index contributed by atoms with van der Waals surface area (Å²) in [5.74, 6) is -0.382. The van der Waals surface area contributed by atoms with Crippen LogP contribution < -0.4 is 10.6 Å². The van der Waals surface area contributed by atoms with Crippen molar-refractivity contribution in [1.82, 2.24) is 20.2 Å². The van der Waals surface area contributed by atoms with Crippen LogP contribution in [0.4, 0.5) is 0 Å². The standard InChI is InChI=1S/C24H28N4O3/c1-24(2,3)23(30)31-21-12-18(13-25-21)27-22(29)17-10-8-16(9-11-17)14-28-15-26-19-6-4-5-7-20(19)28/h4-11,15,18,21,25H,12-14H2,1-3H3,(H,27,29)/t18-,21?/m1/s1. The van der Waals surface area contributed by atoms with E-state index in [1.54, 1.807) is 0 Å². The lowest BCUT2D eigenvalue weighted by Crippen LogP contribution is -2.36. The number of fused-ring (bicyclic) bond motifs is 1. The number of esters is 1. The number of para-hydroxylation sites is 2. The molecule has 2 heterocycles. The molecule has 1 aliphatic rings. The Morgan fingerprint density at radius 3 is 2.65 bits per heavy atom. The van der Waals surface area contributed by atoms with E-state index in [0.29, 0.717) is 25.1 Å². The van der Waals surface area contributed by atoms with Crippen LogP contribution in [0.25, 0.3) is 11.0 Å². The average molecular weight is 421 g/mol. The zero-order chi connectivity index (χ0) is 22.0. The van der Waals surface area contributed by atoms with Crippen LogP contribution >= 0.6 is 0 Å². The first-order valence-electron chi connectivity index (χ1n) is 10.5. The zero-order valence-electron chi connectivity index (χ0n) is 18.1. The second kappa shape index (κ2) is 8.51. The van der Waals surface area contributed by atoms with Crippen molar-refractivity contribution < 1.29 is 14.3 Å². The minimum Gasteiger partial charge on any atom is -0.446 e. The predicted molar refractivity (Wildman–Crippen MR) is 118 cm³/mol. The van der Waals surface area contributed by atoms with Crippen LogP contribution in [0, 0.1) is 5.41 Å². The third kappa shape index (κ3) is 4.94. The summed E-state index contributed by atoms with van der Waals surface area (Å²) >= 11 is 0. The van der Waals surface area contributed by atoms with E-state index in [9.17, 15) is 9.59 Å². The van der Waals surface area contributed by atoms with Crippen molar-refractivity contribution in [2.24, 2.45) is 5.41 Å². The molecule has 2 N–H and O–H groups in total. The Kier molecular flexibility index (Phi) is 5.78. The minimum absolute atomic E-state index is 0.0812. The fourth-order valence-electron chi connectivity index (χ4n) is 3.57. The lowest BCUT2D eigenvalue weighted by atomic mass is 9.97. The largest absolute Gasteiger partial charge is 0.446 e. The van der Waals surface area contributed by atoms with E-state index >= 15 is 0 Å². The topological polar surface area (TPSA) is 85.2 Å². The maximum atomic E-state index is 12.6. The van der Waals surface area contributed by atoms with Crippen molar-refractivity contribution in [3.05, 3.63) is 66.0 Å². The van der Waals surface area contributed by atoms with Gasteiger partial charge in [0.2, 0.25) is 0 Å². The van der Waals surface area contributed by atoms with Crippen LogP contribution in [0.2, 0.25) is 0 Å². The average Bonchev–Trinajstić information content (AvgIpc) is 3.35. The molecular formula is C24H28N4O3. The normalized spacial score (nSPS) is 18.8. The third-order valence-electron chi connectivity index (χ3n) is 5.38. The van der Waals surface area contributed by atoms with Gasteiger partial charge in [-0.2, -0.15) is 0 Å². The molecule has 1 saturated heterocycles. The maximum Gasteiger partial charge on any atom is 0.312 e. The molecule has 3 aromatic rings. The van der Waals surface area contributed by atoms with Crippen molar-refractivity contribution in [1.29, 1.82) is 0 Å². The number of amides is 1. The van der Waals surface area contributed by atoms with Gasteiger partial charge >= 0.3 is 5.97 Å². The van der Waals surface area contributed by atoms with Crippen LogP contribution in [0.3, 0.4) is 0 Å². The maximum absolute atomic E-state index is 12.6. The summed E-state index contributed by atoms with van der Waals surface area (Å²) in [5.41, 5.74) is 3.20. The summed E-state index contributed by atoms with van der Waals surface area (Å²) in [6.07, 6.45) is 2.02. The van der Waals surface area contributed by atoms with Crippen molar-refractivity contribution >= 4 is 22.9 Å². The monoisotopic (exact) mass is 420 g/mol. The van der Waals surface area contributed by atoms with Gasteiger partial charge < -0.3 is 14.6 Å².